The molecule has 0 amide bonds. The van der Waals surface area contributed by atoms with E-state index in [1.807, 2.05) is 0 Å². The van der Waals surface area contributed by atoms with Crippen molar-refractivity contribution in [2.75, 3.05) is 13.7 Å². The molecule has 0 aromatic heterocycles. The molecule has 1 aliphatic heterocycles. The fraction of sp³-hybridized carbons (Fsp3) is 0.611. The van der Waals surface area contributed by atoms with E-state index < -0.39 is 0 Å². The van der Waals surface area contributed by atoms with Crippen molar-refractivity contribution in [2.45, 2.75) is 44.1 Å². The maximum atomic E-state index is 12.5. The highest BCUT2D eigenvalue weighted by atomic mass is 16.5. The summed E-state index contributed by atoms with van der Waals surface area (Å²) in [7, 11) is 1.72. The van der Waals surface area contributed by atoms with Crippen LogP contribution in [0.25, 0.3) is 0 Å². The highest BCUT2D eigenvalue weighted by molar-refractivity contribution is 5.83. The number of fused-ring (bicyclic) bond motifs is 1. The molecule has 1 aromatic rings. The van der Waals surface area contributed by atoms with Crippen LogP contribution in [0.1, 0.15) is 37.3 Å². The summed E-state index contributed by atoms with van der Waals surface area (Å²) >= 11 is 0. The molecule has 2 fully saturated rings. The number of rotatable bonds is 1. The van der Waals surface area contributed by atoms with Crippen LogP contribution in [-0.2, 0) is 16.6 Å². The minimum absolute atomic E-state index is 0.0572. The molecule has 4 atom stereocenters. The van der Waals surface area contributed by atoms with E-state index in [0.29, 0.717) is 17.7 Å². The van der Waals surface area contributed by atoms with Gasteiger partial charge in [0.05, 0.1) is 7.11 Å². The molecule has 1 aromatic carbocycles. The van der Waals surface area contributed by atoms with Crippen LogP contribution in [-0.4, -0.2) is 25.5 Å². The lowest BCUT2D eigenvalue weighted by atomic mass is 9.51. The van der Waals surface area contributed by atoms with Gasteiger partial charge in [0, 0.05) is 23.8 Å². The van der Waals surface area contributed by atoms with Gasteiger partial charge >= 0.3 is 0 Å². The van der Waals surface area contributed by atoms with Gasteiger partial charge < -0.3 is 10.1 Å². The Bertz CT molecular complexity index is 597. The molecule has 112 valence electrons. The van der Waals surface area contributed by atoms with Crippen molar-refractivity contribution in [3.8, 4) is 5.75 Å². The van der Waals surface area contributed by atoms with Crippen molar-refractivity contribution in [1.82, 2.24) is 5.32 Å². The fourth-order valence-corrected chi connectivity index (χ4v) is 5.01. The number of nitrogens with one attached hydrogen (secondary N) is 1. The van der Waals surface area contributed by atoms with Crippen molar-refractivity contribution in [3.05, 3.63) is 29.3 Å². The Morgan fingerprint density at radius 3 is 3.05 bits per heavy atom. The van der Waals surface area contributed by atoms with Crippen molar-refractivity contribution in [2.24, 2.45) is 11.8 Å². The van der Waals surface area contributed by atoms with Gasteiger partial charge in [-0.15, -0.1) is 0 Å². The molecule has 1 saturated heterocycles. The van der Waals surface area contributed by atoms with Gasteiger partial charge in [-0.25, -0.2) is 0 Å². The fourth-order valence-electron chi connectivity index (χ4n) is 5.01. The third-order valence-electron chi connectivity index (χ3n) is 6.11. The van der Waals surface area contributed by atoms with Gasteiger partial charge in [0.2, 0.25) is 0 Å². The molecule has 3 aliphatic rings. The number of carbonyl (C=O) groups is 1. The molecule has 3 nitrogen and oxygen atoms in total. The van der Waals surface area contributed by atoms with Gasteiger partial charge in [-0.2, -0.15) is 0 Å². The first-order valence-corrected chi connectivity index (χ1v) is 8.07. The SMILES string of the molecule is COc1ccc2c(c1)[C@]13CCN[C@H](C2)[C@@H]1CC(C)C(=O)C3. The summed E-state index contributed by atoms with van der Waals surface area (Å²) in [5.41, 5.74) is 2.86. The van der Waals surface area contributed by atoms with Gasteiger partial charge in [0.25, 0.3) is 0 Å². The molecule has 21 heavy (non-hydrogen) atoms. The van der Waals surface area contributed by atoms with E-state index in [1.165, 1.54) is 11.1 Å². The van der Waals surface area contributed by atoms with Gasteiger partial charge in [0.15, 0.2) is 0 Å². The number of carbonyl (C=O) groups excluding carboxylic acids is 1. The second kappa shape index (κ2) is 4.57. The minimum Gasteiger partial charge on any atom is -0.497 e. The Hall–Kier alpha value is -1.35. The van der Waals surface area contributed by atoms with Crippen LogP contribution in [0.15, 0.2) is 18.2 Å². The highest BCUT2D eigenvalue weighted by Crippen LogP contribution is 2.54. The molecule has 2 aliphatic carbocycles. The normalized spacial score (nSPS) is 37.6. The summed E-state index contributed by atoms with van der Waals surface area (Å²) in [6.07, 6.45) is 3.92. The van der Waals surface area contributed by atoms with E-state index >= 15 is 0 Å². The average Bonchev–Trinajstić information content (AvgIpc) is 2.48. The van der Waals surface area contributed by atoms with Crippen LogP contribution in [0.4, 0.5) is 0 Å². The predicted molar refractivity (Wildman–Crippen MR) is 81.7 cm³/mol. The summed E-state index contributed by atoms with van der Waals surface area (Å²) in [5.74, 6) is 2.18. The molecule has 4 rings (SSSR count). The molecule has 1 saturated carbocycles. The number of ether oxygens (including phenoxy) is 1. The zero-order valence-electron chi connectivity index (χ0n) is 12.8. The third-order valence-corrected chi connectivity index (χ3v) is 6.11. The molecule has 1 N–H and O–H groups in total. The zero-order chi connectivity index (χ0) is 14.6. The highest BCUT2D eigenvalue weighted by Gasteiger charge is 2.54. The predicted octanol–water partition coefficient (Wildman–Crippen LogP) is 2.47. The van der Waals surface area contributed by atoms with Gasteiger partial charge in [0.1, 0.15) is 11.5 Å². The summed E-state index contributed by atoms with van der Waals surface area (Å²) < 4.78 is 5.44. The van der Waals surface area contributed by atoms with Crippen LogP contribution in [0, 0.1) is 11.8 Å². The molecular weight excluding hydrogens is 262 g/mol. The first kappa shape index (κ1) is 13.3. The summed E-state index contributed by atoms with van der Waals surface area (Å²) in [5, 5.41) is 3.71. The smallest absolute Gasteiger partial charge is 0.136 e. The number of hydrogen-bond donors (Lipinski definition) is 1. The second-order valence-electron chi connectivity index (χ2n) is 7.08. The van der Waals surface area contributed by atoms with E-state index in [4.69, 9.17) is 4.74 Å². The molecule has 2 bridgehead atoms. The van der Waals surface area contributed by atoms with E-state index in [2.05, 4.69) is 30.4 Å². The summed E-state index contributed by atoms with van der Waals surface area (Å²) in [4.78, 5) is 12.5. The lowest BCUT2D eigenvalue weighted by Crippen LogP contribution is -2.61. The van der Waals surface area contributed by atoms with Crippen molar-refractivity contribution >= 4 is 5.78 Å². The van der Waals surface area contributed by atoms with Gasteiger partial charge in [-0.05, 0) is 55.0 Å². The standard InChI is InChI=1S/C18H23NO2/c1-11-7-15-16-8-12-3-4-13(21-2)9-14(12)18(15,5-6-19-16)10-17(11)20/h3-4,9,11,15-16,19H,5-8,10H2,1-2H3/t11?,15-,16+,18+/m0/s1. The van der Waals surface area contributed by atoms with Crippen LogP contribution >= 0.6 is 0 Å². The topological polar surface area (TPSA) is 38.3 Å². The van der Waals surface area contributed by atoms with E-state index in [-0.39, 0.29) is 11.3 Å². The Morgan fingerprint density at radius 1 is 1.38 bits per heavy atom. The maximum Gasteiger partial charge on any atom is 0.136 e. The number of Topliss-reactive ketones (excluding diaryl/α,β-unsaturated/α-hetero) is 1. The zero-order valence-corrected chi connectivity index (χ0v) is 12.8. The Balaban J connectivity index is 1.88. The monoisotopic (exact) mass is 285 g/mol. The lowest BCUT2D eigenvalue weighted by molar-refractivity contribution is -0.129. The van der Waals surface area contributed by atoms with E-state index in [0.717, 1.165) is 38.0 Å². The molecule has 0 spiro atoms. The van der Waals surface area contributed by atoms with Crippen LogP contribution < -0.4 is 10.1 Å². The minimum atomic E-state index is 0.0572. The van der Waals surface area contributed by atoms with E-state index in [1.54, 1.807) is 7.11 Å². The number of methoxy groups -OCH3 is 1. The molecule has 1 unspecified atom stereocenters. The number of benzene rings is 1. The van der Waals surface area contributed by atoms with Crippen LogP contribution in [0.2, 0.25) is 0 Å². The Morgan fingerprint density at radius 2 is 2.24 bits per heavy atom. The number of piperidine rings is 1. The van der Waals surface area contributed by atoms with E-state index in [9.17, 15) is 4.79 Å². The van der Waals surface area contributed by atoms with Crippen molar-refractivity contribution < 1.29 is 9.53 Å². The maximum absolute atomic E-state index is 12.5. The number of hydrogen-bond acceptors (Lipinski definition) is 3. The lowest BCUT2D eigenvalue weighted by Gasteiger charge is -2.56. The van der Waals surface area contributed by atoms with Crippen LogP contribution in [0.5, 0.6) is 5.75 Å². The molecule has 0 radical (unpaired) electrons. The summed E-state index contributed by atoms with van der Waals surface area (Å²) in [6, 6.07) is 7.00. The molecule has 3 heteroatoms. The first-order valence-electron chi connectivity index (χ1n) is 8.07. The van der Waals surface area contributed by atoms with Gasteiger partial charge in [-0.3, -0.25) is 4.79 Å². The first-order chi connectivity index (χ1) is 10.1. The largest absolute Gasteiger partial charge is 0.497 e. The third kappa shape index (κ3) is 1.80. The van der Waals surface area contributed by atoms with Gasteiger partial charge in [-0.1, -0.05) is 13.0 Å². The van der Waals surface area contributed by atoms with Crippen LogP contribution in [0.3, 0.4) is 0 Å². The van der Waals surface area contributed by atoms with Crippen molar-refractivity contribution in [3.63, 3.8) is 0 Å². The molecule has 1 heterocycles. The second-order valence-corrected chi connectivity index (χ2v) is 7.08. The summed E-state index contributed by atoms with van der Waals surface area (Å²) in [6.45, 7) is 3.13. The van der Waals surface area contributed by atoms with Crippen molar-refractivity contribution in [1.29, 1.82) is 0 Å². The Labute approximate surface area is 126 Å². The average molecular weight is 285 g/mol. The number of ketones is 1. The molecular formula is C18H23NO2. The quantitative estimate of drug-likeness (QED) is 0.861. The Kier molecular flexibility index (Phi) is 2.90.